The van der Waals surface area contributed by atoms with Gasteiger partial charge in [-0.15, -0.1) is 0 Å². The lowest BCUT2D eigenvalue weighted by Crippen LogP contribution is -2.34. The lowest BCUT2D eigenvalue weighted by molar-refractivity contribution is -0.136. The highest BCUT2D eigenvalue weighted by Gasteiger charge is 2.21. The molecular weight excluding hydrogens is 258 g/mol. The number of benzene rings is 1. The maximum absolute atomic E-state index is 10.5. The molecule has 5 nitrogen and oxygen atoms in total. The second-order valence-corrected chi connectivity index (χ2v) is 5.04. The van der Waals surface area contributed by atoms with Gasteiger partial charge in [-0.2, -0.15) is 0 Å². The highest BCUT2D eigenvalue weighted by molar-refractivity contribution is 5.66. The van der Waals surface area contributed by atoms with Crippen LogP contribution in [0.4, 0.5) is 0 Å². The molecule has 0 saturated heterocycles. The Kier molecular flexibility index (Phi) is 5.98. The molecule has 0 aliphatic carbocycles. The normalized spacial score (nSPS) is 13.8. The Bertz CT molecular complexity index is 473. The van der Waals surface area contributed by atoms with Gasteiger partial charge in [-0.1, -0.05) is 11.6 Å². The first kappa shape index (κ1) is 16.5. The van der Waals surface area contributed by atoms with E-state index in [0.717, 1.165) is 16.7 Å². The zero-order valence-electron chi connectivity index (χ0n) is 12.4. The van der Waals surface area contributed by atoms with Gasteiger partial charge in [-0.25, -0.2) is 0 Å². The Morgan fingerprint density at radius 2 is 2.05 bits per heavy atom. The number of aryl methyl sites for hydroxylation is 2. The molecule has 112 valence electrons. The Morgan fingerprint density at radius 1 is 1.40 bits per heavy atom. The van der Waals surface area contributed by atoms with Gasteiger partial charge in [0, 0.05) is 18.2 Å². The van der Waals surface area contributed by atoms with Crippen molar-refractivity contribution in [1.82, 2.24) is 5.32 Å². The van der Waals surface area contributed by atoms with Gasteiger partial charge in [-0.05, 0) is 32.4 Å². The number of nitrogens with one attached hydrogen (secondary N) is 1. The summed E-state index contributed by atoms with van der Waals surface area (Å²) in [6, 6.07) is 3.63. The van der Waals surface area contributed by atoms with Crippen LogP contribution in [0.15, 0.2) is 12.1 Å². The summed E-state index contributed by atoms with van der Waals surface area (Å²) in [7, 11) is 1.58. The molecule has 0 fully saturated rings. The molecule has 5 heteroatoms. The molecule has 2 atom stereocenters. The van der Waals surface area contributed by atoms with Crippen LogP contribution in [0, 0.1) is 13.8 Å². The first-order valence-electron chi connectivity index (χ1n) is 6.65. The Hall–Kier alpha value is -1.59. The van der Waals surface area contributed by atoms with Crippen LogP contribution in [0.25, 0.3) is 0 Å². The summed E-state index contributed by atoms with van der Waals surface area (Å²) in [6.07, 6.45) is -0.724. The molecule has 1 aromatic carbocycles. The number of carboxylic acids is 1. The first-order valence-corrected chi connectivity index (χ1v) is 6.65. The molecule has 0 aromatic heterocycles. The number of carboxylic acid groups (broad SMARTS) is 1. The van der Waals surface area contributed by atoms with Gasteiger partial charge in [0.05, 0.1) is 19.6 Å². The Labute approximate surface area is 119 Å². The van der Waals surface area contributed by atoms with Crippen LogP contribution in [-0.4, -0.2) is 35.9 Å². The minimum Gasteiger partial charge on any atom is -0.496 e. The van der Waals surface area contributed by atoms with Crippen molar-refractivity contribution in [1.29, 1.82) is 0 Å². The molecule has 3 N–H and O–H groups in total. The fourth-order valence-corrected chi connectivity index (χ4v) is 2.27. The van der Waals surface area contributed by atoms with E-state index in [1.807, 2.05) is 32.9 Å². The lowest BCUT2D eigenvalue weighted by Gasteiger charge is -2.23. The van der Waals surface area contributed by atoms with Crippen molar-refractivity contribution < 1.29 is 19.7 Å². The topological polar surface area (TPSA) is 78.8 Å². The molecule has 0 heterocycles. The summed E-state index contributed by atoms with van der Waals surface area (Å²) >= 11 is 0. The number of aliphatic hydroxyl groups excluding tert-OH is 1. The molecule has 0 amide bonds. The number of aliphatic hydroxyl groups is 1. The van der Waals surface area contributed by atoms with E-state index >= 15 is 0 Å². The van der Waals surface area contributed by atoms with Crippen molar-refractivity contribution in [3.8, 4) is 5.75 Å². The minimum atomic E-state index is -0.858. The summed E-state index contributed by atoms with van der Waals surface area (Å²) < 4.78 is 5.36. The van der Waals surface area contributed by atoms with E-state index in [4.69, 9.17) is 9.84 Å². The number of ether oxygens (including phenoxy) is 1. The second kappa shape index (κ2) is 7.26. The maximum Gasteiger partial charge on any atom is 0.304 e. The zero-order valence-corrected chi connectivity index (χ0v) is 12.4. The Morgan fingerprint density at radius 3 is 2.60 bits per heavy atom. The van der Waals surface area contributed by atoms with Gasteiger partial charge < -0.3 is 20.3 Å². The quantitative estimate of drug-likeness (QED) is 0.710. The van der Waals surface area contributed by atoms with Crippen molar-refractivity contribution in [3.05, 3.63) is 28.8 Å². The monoisotopic (exact) mass is 281 g/mol. The molecule has 0 saturated carbocycles. The zero-order chi connectivity index (χ0) is 15.3. The molecule has 0 radical (unpaired) electrons. The van der Waals surface area contributed by atoms with Crippen molar-refractivity contribution in [2.24, 2.45) is 0 Å². The van der Waals surface area contributed by atoms with Crippen molar-refractivity contribution >= 4 is 5.97 Å². The summed E-state index contributed by atoms with van der Waals surface area (Å²) in [6.45, 7) is 6.04. The third-order valence-electron chi connectivity index (χ3n) is 3.25. The van der Waals surface area contributed by atoms with E-state index in [-0.39, 0.29) is 12.5 Å². The standard InChI is InChI=1S/C15H23NO4/c1-9-7-10(2)15(20-4)12(8-9)14(19)11(3)16-6-5-13(17)18/h7-8,11,14,16,19H,5-6H2,1-4H3,(H,17,18). The highest BCUT2D eigenvalue weighted by atomic mass is 16.5. The number of rotatable bonds is 7. The number of hydrogen-bond acceptors (Lipinski definition) is 4. The summed E-state index contributed by atoms with van der Waals surface area (Å²) in [5.74, 6) is -0.182. The smallest absolute Gasteiger partial charge is 0.304 e. The van der Waals surface area contributed by atoms with E-state index < -0.39 is 12.1 Å². The minimum absolute atomic E-state index is 0.0288. The van der Waals surface area contributed by atoms with E-state index in [1.54, 1.807) is 7.11 Å². The molecule has 1 rings (SSSR count). The van der Waals surface area contributed by atoms with Crippen LogP contribution in [0.1, 0.15) is 36.1 Å². The van der Waals surface area contributed by atoms with Gasteiger partial charge in [0.25, 0.3) is 0 Å². The molecule has 0 aliphatic heterocycles. The summed E-state index contributed by atoms with van der Waals surface area (Å²) in [5.41, 5.74) is 2.75. The molecule has 0 bridgehead atoms. The van der Waals surface area contributed by atoms with Gasteiger partial charge in [-0.3, -0.25) is 4.79 Å². The number of methoxy groups -OCH3 is 1. The average molecular weight is 281 g/mol. The third-order valence-corrected chi connectivity index (χ3v) is 3.25. The van der Waals surface area contributed by atoms with Crippen molar-refractivity contribution in [3.63, 3.8) is 0 Å². The fourth-order valence-electron chi connectivity index (χ4n) is 2.27. The fraction of sp³-hybridized carbons (Fsp3) is 0.533. The van der Waals surface area contributed by atoms with Crippen molar-refractivity contribution in [2.45, 2.75) is 39.3 Å². The second-order valence-electron chi connectivity index (χ2n) is 5.04. The van der Waals surface area contributed by atoms with Crippen LogP contribution >= 0.6 is 0 Å². The molecule has 0 spiro atoms. The molecule has 2 unspecified atom stereocenters. The maximum atomic E-state index is 10.5. The predicted octanol–water partition coefficient (Wildman–Crippen LogP) is 1.80. The predicted molar refractivity (Wildman–Crippen MR) is 77.1 cm³/mol. The van der Waals surface area contributed by atoms with Crippen LogP contribution in [0.2, 0.25) is 0 Å². The van der Waals surface area contributed by atoms with E-state index in [9.17, 15) is 9.90 Å². The average Bonchev–Trinajstić information content (AvgIpc) is 2.36. The van der Waals surface area contributed by atoms with E-state index in [1.165, 1.54) is 0 Å². The summed E-state index contributed by atoms with van der Waals surface area (Å²) in [4.78, 5) is 10.5. The molecular formula is C15H23NO4. The van der Waals surface area contributed by atoms with Crippen LogP contribution in [0.3, 0.4) is 0 Å². The van der Waals surface area contributed by atoms with E-state index in [2.05, 4.69) is 5.32 Å². The van der Waals surface area contributed by atoms with Gasteiger partial charge >= 0.3 is 5.97 Å². The number of carbonyl (C=O) groups is 1. The largest absolute Gasteiger partial charge is 0.496 e. The first-order chi connectivity index (χ1) is 9.36. The Balaban J connectivity index is 2.85. The number of aliphatic carboxylic acids is 1. The highest BCUT2D eigenvalue weighted by Crippen LogP contribution is 2.31. The van der Waals surface area contributed by atoms with E-state index in [0.29, 0.717) is 12.3 Å². The van der Waals surface area contributed by atoms with Crippen LogP contribution < -0.4 is 10.1 Å². The SMILES string of the molecule is COc1c(C)cc(C)cc1C(O)C(C)NCCC(=O)O. The van der Waals surface area contributed by atoms with Gasteiger partial charge in [0.1, 0.15) is 5.75 Å². The van der Waals surface area contributed by atoms with Crippen molar-refractivity contribution in [2.75, 3.05) is 13.7 Å². The number of hydrogen-bond donors (Lipinski definition) is 3. The summed E-state index contributed by atoms with van der Waals surface area (Å²) in [5, 5.41) is 22.1. The van der Waals surface area contributed by atoms with Gasteiger partial charge in [0.2, 0.25) is 0 Å². The molecule has 1 aromatic rings. The van der Waals surface area contributed by atoms with Crippen LogP contribution in [0.5, 0.6) is 5.75 Å². The lowest BCUT2D eigenvalue weighted by atomic mass is 9.97. The van der Waals surface area contributed by atoms with Crippen LogP contribution in [-0.2, 0) is 4.79 Å². The van der Waals surface area contributed by atoms with Gasteiger partial charge in [0.15, 0.2) is 0 Å². The molecule has 0 aliphatic rings. The third kappa shape index (κ3) is 4.21. The molecule has 20 heavy (non-hydrogen) atoms.